The molecular formula is C15H17BrClNO3. The lowest BCUT2D eigenvalue weighted by Crippen LogP contribution is -2.45. The highest BCUT2D eigenvalue weighted by atomic mass is 79.9. The molecule has 1 amide bonds. The van der Waals surface area contributed by atoms with E-state index in [1.165, 1.54) is 0 Å². The molecule has 1 fully saturated rings. The molecule has 4 nitrogen and oxygen atoms in total. The van der Waals surface area contributed by atoms with Gasteiger partial charge in [-0.15, -0.1) is 0 Å². The third-order valence-electron chi connectivity index (χ3n) is 3.75. The Morgan fingerprint density at radius 3 is 2.62 bits per heavy atom. The van der Waals surface area contributed by atoms with Crippen LogP contribution in [0.2, 0.25) is 5.02 Å². The SMILES string of the molecule is Cc1cc(C(=O)N2CC(C)CC(C(=O)O)C2)cc(Cl)c1Br. The number of halogens is 2. The molecular weight excluding hydrogens is 358 g/mol. The monoisotopic (exact) mass is 373 g/mol. The molecule has 1 aromatic rings. The van der Waals surface area contributed by atoms with Gasteiger partial charge in [-0.3, -0.25) is 9.59 Å². The molecule has 0 spiro atoms. The summed E-state index contributed by atoms with van der Waals surface area (Å²) in [5, 5.41) is 9.67. The van der Waals surface area contributed by atoms with E-state index in [1.807, 2.05) is 13.8 Å². The van der Waals surface area contributed by atoms with E-state index < -0.39 is 11.9 Å². The number of aliphatic carboxylic acids is 1. The van der Waals surface area contributed by atoms with Gasteiger partial charge in [0.25, 0.3) is 5.91 Å². The maximum absolute atomic E-state index is 12.6. The smallest absolute Gasteiger partial charge is 0.308 e. The van der Waals surface area contributed by atoms with Crippen LogP contribution in [-0.4, -0.2) is 35.0 Å². The fraction of sp³-hybridized carbons (Fsp3) is 0.467. The molecule has 0 saturated carbocycles. The van der Waals surface area contributed by atoms with Gasteiger partial charge < -0.3 is 10.0 Å². The van der Waals surface area contributed by atoms with E-state index in [2.05, 4.69) is 15.9 Å². The second kappa shape index (κ2) is 6.36. The molecule has 2 unspecified atom stereocenters. The first kappa shape index (κ1) is 16.3. The number of carboxylic acid groups (broad SMARTS) is 1. The zero-order valence-corrected chi connectivity index (χ0v) is 14.2. The summed E-state index contributed by atoms with van der Waals surface area (Å²) in [6.07, 6.45) is 0.610. The van der Waals surface area contributed by atoms with Crippen LogP contribution in [0.3, 0.4) is 0 Å². The Bertz CT molecular complexity index is 567. The average molecular weight is 375 g/mol. The van der Waals surface area contributed by atoms with Crippen LogP contribution in [0.1, 0.15) is 29.3 Å². The van der Waals surface area contributed by atoms with Crippen molar-refractivity contribution < 1.29 is 14.7 Å². The zero-order valence-electron chi connectivity index (χ0n) is 11.9. The minimum Gasteiger partial charge on any atom is -0.481 e. The van der Waals surface area contributed by atoms with E-state index in [4.69, 9.17) is 11.6 Å². The Balaban J connectivity index is 2.25. The highest BCUT2D eigenvalue weighted by Gasteiger charge is 2.32. The Morgan fingerprint density at radius 2 is 2.05 bits per heavy atom. The summed E-state index contributed by atoms with van der Waals surface area (Å²) in [5.74, 6) is -1.32. The Kier molecular flexibility index (Phi) is 4.94. The van der Waals surface area contributed by atoms with Crippen molar-refractivity contribution in [3.63, 3.8) is 0 Å². The fourth-order valence-corrected chi connectivity index (χ4v) is 3.22. The summed E-state index contributed by atoms with van der Waals surface area (Å²) >= 11 is 9.46. The van der Waals surface area contributed by atoms with Crippen molar-refractivity contribution in [3.05, 3.63) is 32.8 Å². The molecule has 0 aromatic heterocycles. The number of rotatable bonds is 2. The van der Waals surface area contributed by atoms with Gasteiger partial charge >= 0.3 is 5.97 Å². The minimum atomic E-state index is -0.843. The van der Waals surface area contributed by atoms with Gasteiger partial charge in [0.15, 0.2) is 0 Å². The van der Waals surface area contributed by atoms with Crippen LogP contribution in [0.5, 0.6) is 0 Å². The number of carboxylic acids is 1. The van der Waals surface area contributed by atoms with Crippen molar-refractivity contribution in [2.45, 2.75) is 20.3 Å². The molecule has 1 saturated heterocycles. The largest absolute Gasteiger partial charge is 0.481 e. The third kappa shape index (κ3) is 3.58. The van der Waals surface area contributed by atoms with E-state index in [9.17, 15) is 14.7 Å². The number of piperidine rings is 1. The second-order valence-electron chi connectivity index (χ2n) is 5.68. The van der Waals surface area contributed by atoms with Gasteiger partial charge in [-0.1, -0.05) is 18.5 Å². The molecule has 6 heteroatoms. The Labute approximate surface area is 137 Å². The highest BCUT2D eigenvalue weighted by Crippen LogP contribution is 2.29. The van der Waals surface area contributed by atoms with Crippen molar-refractivity contribution >= 4 is 39.4 Å². The second-order valence-corrected chi connectivity index (χ2v) is 6.88. The van der Waals surface area contributed by atoms with E-state index in [1.54, 1.807) is 17.0 Å². The van der Waals surface area contributed by atoms with Crippen molar-refractivity contribution in [2.24, 2.45) is 11.8 Å². The Morgan fingerprint density at radius 1 is 1.38 bits per heavy atom. The first-order valence-corrected chi connectivity index (χ1v) is 7.94. The topological polar surface area (TPSA) is 57.6 Å². The summed E-state index contributed by atoms with van der Waals surface area (Å²) in [5.41, 5.74) is 1.38. The number of benzene rings is 1. The fourth-order valence-electron chi connectivity index (χ4n) is 2.73. The average Bonchev–Trinajstić information content (AvgIpc) is 2.42. The van der Waals surface area contributed by atoms with Gasteiger partial charge in [-0.25, -0.2) is 0 Å². The van der Waals surface area contributed by atoms with Crippen LogP contribution in [0, 0.1) is 18.8 Å². The predicted octanol–water partition coefficient (Wildman–Crippen LogP) is 3.59. The van der Waals surface area contributed by atoms with Crippen LogP contribution >= 0.6 is 27.5 Å². The van der Waals surface area contributed by atoms with Crippen molar-refractivity contribution in [1.29, 1.82) is 0 Å². The van der Waals surface area contributed by atoms with Gasteiger partial charge in [0.05, 0.1) is 10.9 Å². The van der Waals surface area contributed by atoms with Crippen LogP contribution in [-0.2, 0) is 4.79 Å². The quantitative estimate of drug-likeness (QED) is 0.860. The van der Waals surface area contributed by atoms with Crippen molar-refractivity contribution in [3.8, 4) is 0 Å². The number of hydrogen-bond acceptors (Lipinski definition) is 2. The maximum Gasteiger partial charge on any atom is 0.308 e. The number of hydrogen-bond donors (Lipinski definition) is 1. The molecule has 0 radical (unpaired) electrons. The number of carbonyl (C=O) groups excluding carboxylic acids is 1. The maximum atomic E-state index is 12.6. The number of aryl methyl sites for hydroxylation is 1. The first-order valence-electron chi connectivity index (χ1n) is 6.77. The first-order chi connectivity index (χ1) is 9.79. The van der Waals surface area contributed by atoms with E-state index >= 15 is 0 Å². The number of likely N-dealkylation sites (tertiary alicyclic amines) is 1. The molecule has 2 rings (SSSR count). The number of nitrogens with zero attached hydrogens (tertiary/aromatic N) is 1. The van der Waals surface area contributed by atoms with E-state index in [0.29, 0.717) is 23.6 Å². The standard InChI is InChI=1S/C15H17BrClNO3/c1-8-3-11(15(20)21)7-18(6-8)14(19)10-4-9(2)13(16)12(17)5-10/h4-5,8,11H,3,6-7H2,1-2H3,(H,20,21). The van der Waals surface area contributed by atoms with Gasteiger partial charge in [0.2, 0.25) is 0 Å². The molecule has 1 heterocycles. The van der Waals surface area contributed by atoms with Crippen LogP contribution in [0.25, 0.3) is 0 Å². The molecule has 0 aliphatic carbocycles. The van der Waals surface area contributed by atoms with E-state index in [0.717, 1.165) is 10.0 Å². The Hall–Kier alpha value is -1.07. The molecule has 1 N–H and O–H groups in total. The van der Waals surface area contributed by atoms with Gasteiger partial charge in [0.1, 0.15) is 0 Å². The summed E-state index contributed by atoms with van der Waals surface area (Å²) in [6, 6.07) is 3.39. The van der Waals surface area contributed by atoms with E-state index in [-0.39, 0.29) is 18.4 Å². The normalized spacial score (nSPS) is 22.2. The summed E-state index contributed by atoms with van der Waals surface area (Å²) in [7, 11) is 0. The van der Waals surface area contributed by atoms with Crippen LogP contribution in [0.15, 0.2) is 16.6 Å². The number of amides is 1. The predicted molar refractivity (Wildman–Crippen MR) is 84.7 cm³/mol. The molecule has 1 aromatic carbocycles. The summed E-state index contributed by atoms with van der Waals surface area (Å²) in [6.45, 7) is 4.67. The summed E-state index contributed by atoms with van der Waals surface area (Å²) in [4.78, 5) is 25.4. The lowest BCUT2D eigenvalue weighted by atomic mass is 9.90. The van der Waals surface area contributed by atoms with Gasteiger partial charge in [-0.2, -0.15) is 0 Å². The molecule has 1 aliphatic rings. The lowest BCUT2D eigenvalue weighted by molar-refractivity contribution is -0.143. The lowest BCUT2D eigenvalue weighted by Gasteiger charge is -2.34. The van der Waals surface area contributed by atoms with Gasteiger partial charge in [-0.05, 0) is 52.9 Å². The molecule has 0 bridgehead atoms. The van der Waals surface area contributed by atoms with Crippen molar-refractivity contribution in [2.75, 3.05) is 13.1 Å². The zero-order chi connectivity index (χ0) is 15.7. The molecule has 2 atom stereocenters. The minimum absolute atomic E-state index is 0.162. The van der Waals surface area contributed by atoms with Crippen molar-refractivity contribution in [1.82, 2.24) is 4.90 Å². The molecule has 1 aliphatic heterocycles. The molecule has 21 heavy (non-hydrogen) atoms. The third-order valence-corrected chi connectivity index (χ3v) is 5.33. The molecule has 114 valence electrons. The van der Waals surface area contributed by atoms with Gasteiger partial charge in [0, 0.05) is 23.1 Å². The van der Waals surface area contributed by atoms with Crippen LogP contribution < -0.4 is 0 Å². The highest BCUT2D eigenvalue weighted by molar-refractivity contribution is 9.10. The summed E-state index contributed by atoms with van der Waals surface area (Å²) < 4.78 is 0.774. The van der Waals surface area contributed by atoms with Crippen LogP contribution in [0.4, 0.5) is 0 Å². The number of carbonyl (C=O) groups is 2.